The number of phenolic OH excluding ortho intramolecular Hbond substituents is 1. The molecule has 0 fully saturated rings. The molecule has 20 heavy (non-hydrogen) atoms. The zero-order valence-electron chi connectivity index (χ0n) is 11.4. The van der Waals surface area contributed by atoms with E-state index in [1.807, 2.05) is 6.92 Å². The van der Waals surface area contributed by atoms with E-state index in [0.717, 1.165) is 0 Å². The fourth-order valence-corrected chi connectivity index (χ4v) is 1.41. The Bertz CT molecular complexity index is 430. The van der Waals surface area contributed by atoms with Crippen molar-refractivity contribution in [2.24, 2.45) is 0 Å². The maximum absolute atomic E-state index is 11.6. The Morgan fingerprint density at radius 2 is 1.95 bits per heavy atom. The van der Waals surface area contributed by atoms with Crippen LogP contribution in [0.1, 0.15) is 23.7 Å². The van der Waals surface area contributed by atoms with E-state index in [0.29, 0.717) is 26.2 Å². The molecule has 2 N–H and O–H groups in total. The molecule has 1 aromatic carbocycles. The number of rotatable bonds is 8. The summed E-state index contributed by atoms with van der Waals surface area (Å²) in [4.78, 5) is 23.0. The summed E-state index contributed by atoms with van der Waals surface area (Å²) in [5, 5.41) is 11.7. The summed E-state index contributed by atoms with van der Waals surface area (Å²) in [6.45, 7) is 3.30. The van der Waals surface area contributed by atoms with E-state index in [-0.39, 0.29) is 23.8 Å². The van der Waals surface area contributed by atoms with Crippen molar-refractivity contribution in [1.29, 1.82) is 0 Å². The van der Waals surface area contributed by atoms with E-state index < -0.39 is 5.97 Å². The Balaban J connectivity index is 2.20. The second-order valence-electron chi connectivity index (χ2n) is 4.02. The van der Waals surface area contributed by atoms with Crippen molar-refractivity contribution in [2.75, 3.05) is 26.4 Å². The van der Waals surface area contributed by atoms with Gasteiger partial charge in [-0.3, -0.25) is 4.79 Å². The Hall–Kier alpha value is -2.08. The van der Waals surface area contributed by atoms with Gasteiger partial charge in [-0.25, -0.2) is 4.79 Å². The molecule has 0 saturated carbocycles. The van der Waals surface area contributed by atoms with E-state index in [9.17, 15) is 9.59 Å². The lowest BCUT2D eigenvalue weighted by molar-refractivity contribution is -0.124. The summed E-state index contributed by atoms with van der Waals surface area (Å²) in [6, 6.07) is 5.62. The van der Waals surface area contributed by atoms with Gasteiger partial charge in [0.05, 0.1) is 5.56 Å². The molecule has 0 radical (unpaired) electrons. The molecule has 0 aromatic heterocycles. The van der Waals surface area contributed by atoms with Crippen LogP contribution in [-0.4, -0.2) is 43.3 Å². The first-order valence-electron chi connectivity index (χ1n) is 6.44. The third kappa shape index (κ3) is 6.19. The number of esters is 1. The van der Waals surface area contributed by atoms with Crippen molar-refractivity contribution >= 4 is 11.9 Å². The van der Waals surface area contributed by atoms with Gasteiger partial charge < -0.3 is 19.9 Å². The van der Waals surface area contributed by atoms with E-state index in [4.69, 9.17) is 14.6 Å². The maximum Gasteiger partial charge on any atom is 0.338 e. The van der Waals surface area contributed by atoms with E-state index in [1.54, 1.807) is 0 Å². The van der Waals surface area contributed by atoms with Crippen LogP contribution in [0.5, 0.6) is 5.75 Å². The minimum atomic E-state index is -0.602. The SMILES string of the molecule is CCOCCCNC(=O)COC(=O)c1ccc(O)cc1. The highest BCUT2D eigenvalue weighted by Crippen LogP contribution is 2.10. The van der Waals surface area contributed by atoms with Gasteiger partial charge in [0.2, 0.25) is 0 Å². The molecule has 0 saturated heterocycles. The summed E-state index contributed by atoms with van der Waals surface area (Å²) < 4.78 is 9.97. The van der Waals surface area contributed by atoms with E-state index >= 15 is 0 Å². The van der Waals surface area contributed by atoms with Gasteiger partial charge in [0.1, 0.15) is 5.75 Å². The third-order valence-corrected chi connectivity index (χ3v) is 2.43. The average Bonchev–Trinajstić information content (AvgIpc) is 2.45. The standard InChI is InChI=1S/C14H19NO5/c1-2-19-9-3-8-15-13(17)10-20-14(18)11-4-6-12(16)7-5-11/h4-7,16H,2-3,8-10H2,1H3,(H,15,17). The summed E-state index contributed by atoms with van der Waals surface area (Å²) in [5.74, 6) is -0.892. The van der Waals surface area contributed by atoms with Gasteiger partial charge in [-0.05, 0) is 37.6 Å². The van der Waals surface area contributed by atoms with Crippen LogP contribution in [0.25, 0.3) is 0 Å². The van der Waals surface area contributed by atoms with Crippen LogP contribution in [0.4, 0.5) is 0 Å². The van der Waals surface area contributed by atoms with Crippen LogP contribution >= 0.6 is 0 Å². The highest BCUT2D eigenvalue weighted by atomic mass is 16.5. The summed E-state index contributed by atoms with van der Waals surface area (Å²) >= 11 is 0. The quantitative estimate of drug-likeness (QED) is 0.550. The molecule has 0 spiro atoms. The Labute approximate surface area is 117 Å². The first-order chi connectivity index (χ1) is 9.63. The zero-order valence-corrected chi connectivity index (χ0v) is 11.4. The number of benzene rings is 1. The molecule has 110 valence electrons. The minimum Gasteiger partial charge on any atom is -0.508 e. The Morgan fingerprint density at radius 3 is 2.60 bits per heavy atom. The minimum absolute atomic E-state index is 0.0635. The highest BCUT2D eigenvalue weighted by Gasteiger charge is 2.09. The number of aromatic hydroxyl groups is 1. The average molecular weight is 281 g/mol. The first kappa shape index (κ1) is 16.0. The lowest BCUT2D eigenvalue weighted by Crippen LogP contribution is -2.30. The molecule has 0 unspecified atom stereocenters. The number of amides is 1. The summed E-state index contributed by atoms with van der Waals surface area (Å²) in [7, 11) is 0. The number of ether oxygens (including phenoxy) is 2. The molecule has 0 aliphatic carbocycles. The van der Waals surface area contributed by atoms with E-state index in [2.05, 4.69) is 5.32 Å². The number of phenols is 1. The van der Waals surface area contributed by atoms with Crippen LogP contribution in [0, 0.1) is 0 Å². The van der Waals surface area contributed by atoms with Gasteiger partial charge in [-0.15, -0.1) is 0 Å². The number of hydrogen-bond acceptors (Lipinski definition) is 5. The largest absolute Gasteiger partial charge is 0.508 e. The predicted octanol–water partition coefficient (Wildman–Crippen LogP) is 1.09. The van der Waals surface area contributed by atoms with Gasteiger partial charge in [0.25, 0.3) is 5.91 Å². The van der Waals surface area contributed by atoms with Crippen molar-refractivity contribution in [3.8, 4) is 5.75 Å². The molecule has 0 aliphatic rings. The lowest BCUT2D eigenvalue weighted by atomic mass is 10.2. The Kier molecular flexibility index (Phi) is 7.13. The molecule has 6 nitrogen and oxygen atoms in total. The molecule has 0 aliphatic heterocycles. The van der Waals surface area contributed by atoms with Crippen molar-refractivity contribution in [3.05, 3.63) is 29.8 Å². The fourth-order valence-electron chi connectivity index (χ4n) is 1.41. The van der Waals surface area contributed by atoms with Crippen LogP contribution < -0.4 is 5.32 Å². The van der Waals surface area contributed by atoms with Crippen molar-refractivity contribution in [2.45, 2.75) is 13.3 Å². The zero-order chi connectivity index (χ0) is 14.8. The molecule has 0 bridgehead atoms. The number of carbonyl (C=O) groups excluding carboxylic acids is 2. The maximum atomic E-state index is 11.6. The highest BCUT2D eigenvalue weighted by molar-refractivity contribution is 5.91. The van der Waals surface area contributed by atoms with Crippen molar-refractivity contribution in [3.63, 3.8) is 0 Å². The summed E-state index contributed by atoms with van der Waals surface area (Å²) in [6.07, 6.45) is 0.714. The van der Waals surface area contributed by atoms with Gasteiger partial charge in [-0.1, -0.05) is 0 Å². The molecule has 1 rings (SSSR count). The molecule has 6 heteroatoms. The topological polar surface area (TPSA) is 84.9 Å². The third-order valence-electron chi connectivity index (χ3n) is 2.43. The summed E-state index contributed by atoms with van der Waals surface area (Å²) in [5.41, 5.74) is 0.284. The van der Waals surface area contributed by atoms with Crippen molar-refractivity contribution < 1.29 is 24.2 Å². The second kappa shape index (κ2) is 8.92. The van der Waals surface area contributed by atoms with Crippen LogP contribution in [-0.2, 0) is 14.3 Å². The second-order valence-corrected chi connectivity index (χ2v) is 4.02. The molecule has 0 heterocycles. The lowest BCUT2D eigenvalue weighted by Gasteiger charge is -2.06. The van der Waals surface area contributed by atoms with Gasteiger partial charge in [-0.2, -0.15) is 0 Å². The molecule has 1 aromatic rings. The van der Waals surface area contributed by atoms with Crippen LogP contribution in [0.3, 0.4) is 0 Å². The number of hydrogen-bond donors (Lipinski definition) is 2. The molecule has 0 atom stereocenters. The smallest absolute Gasteiger partial charge is 0.338 e. The van der Waals surface area contributed by atoms with Crippen LogP contribution in [0.15, 0.2) is 24.3 Å². The van der Waals surface area contributed by atoms with Crippen LogP contribution in [0.2, 0.25) is 0 Å². The number of carbonyl (C=O) groups is 2. The van der Waals surface area contributed by atoms with E-state index in [1.165, 1.54) is 24.3 Å². The monoisotopic (exact) mass is 281 g/mol. The van der Waals surface area contributed by atoms with Gasteiger partial charge in [0, 0.05) is 19.8 Å². The molecule has 1 amide bonds. The molecular formula is C14H19NO5. The fraction of sp³-hybridized carbons (Fsp3) is 0.429. The normalized spacial score (nSPS) is 10.1. The van der Waals surface area contributed by atoms with Crippen molar-refractivity contribution in [1.82, 2.24) is 5.32 Å². The predicted molar refractivity (Wildman–Crippen MR) is 72.5 cm³/mol. The Morgan fingerprint density at radius 1 is 1.25 bits per heavy atom. The van der Waals surface area contributed by atoms with Gasteiger partial charge in [0.15, 0.2) is 6.61 Å². The molecular weight excluding hydrogens is 262 g/mol. The van der Waals surface area contributed by atoms with Gasteiger partial charge >= 0.3 is 5.97 Å². The first-order valence-corrected chi connectivity index (χ1v) is 6.44. The number of nitrogens with one attached hydrogen (secondary N) is 1.